The molecule has 0 amide bonds. The maximum absolute atomic E-state index is 6.77. The molecule has 0 spiro atoms. The third-order valence-corrected chi connectivity index (χ3v) is 11.0. The van der Waals surface area contributed by atoms with Crippen molar-refractivity contribution in [2.45, 2.75) is 12.5 Å². The maximum atomic E-state index is 6.77. The highest BCUT2D eigenvalue weighted by molar-refractivity contribution is 7.79. The van der Waals surface area contributed by atoms with Crippen LogP contribution in [0, 0.1) is 0 Å². The van der Waals surface area contributed by atoms with Crippen molar-refractivity contribution >= 4 is 56.8 Å². The largest absolute Gasteiger partial charge is 0.397 e. The number of nitrogens with one attached hydrogen (secondary N) is 1. The Labute approximate surface area is 253 Å². The van der Waals surface area contributed by atoms with Crippen LogP contribution in [0.5, 0.6) is 0 Å². The van der Waals surface area contributed by atoms with Crippen molar-refractivity contribution in [1.82, 2.24) is 5.32 Å². The summed E-state index contributed by atoms with van der Waals surface area (Å²) in [5, 5.41) is 12.8. The molecule has 43 heavy (non-hydrogen) atoms. The van der Waals surface area contributed by atoms with E-state index in [2.05, 4.69) is 157 Å². The summed E-state index contributed by atoms with van der Waals surface area (Å²) in [7, 11) is -0.698. The van der Waals surface area contributed by atoms with E-state index in [0.29, 0.717) is 0 Å². The fourth-order valence-corrected chi connectivity index (χ4v) is 8.83. The maximum Gasteiger partial charge on any atom is 0.0665 e. The third kappa shape index (κ3) is 4.56. The summed E-state index contributed by atoms with van der Waals surface area (Å²) < 4.78 is 0. The van der Waals surface area contributed by atoms with Gasteiger partial charge in [0.1, 0.15) is 0 Å². The second-order valence-electron chi connectivity index (χ2n) is 11.2. The summed E-state index contributed by atoms with van der Waals surface area (Å²) in [5.41, 5.74) is 13.4. The quantitative estimate of drug-likeness (QED) is 0.199. The second kappa shape index (κ2) is 10.7. The molecule has 2 nitrogen and oxygen atoms in total. The highest BCUT2D eigenvalue weighted by Crippen LogP contribution is 2.43. The van der Waals surface area contributed by atoms with Gasteiger partial charge in [-0.15, -0.1) is 0 Å². The van der Waals surface area contributed by atoms with Gasteiger partial charge in [0.15, 0.2) is 0 Å². The van der Waals surface area contributed by atoms with Crippen LogP contribution in [0.1, 0.15) is 17.5 Å². The Kier molecular flexibility index (Phi) is 6.43. The van der Waals surface area contributed by atoms with Crippen LogP contribution in [0.25, 0.3) is 44.1 Å². The Balaban J connectivity index is 1.18. The van der Waals surface area contributed by atoms with Gasteiger partial charge in [-0.1, -0.05) is 146 Å². The average molecular weight is 571 g/mol. The summed E-state index contributed by atoms with van der Waals surface area (Å²) >= 11 is 0. The van der Waals surface area contributed by atoms with E-state index in [1.165, 1.54) is 54.1 Å². The first kappa shape index (κ1) is 25.8. The molecular weight excluding hydrogens is 539 g/mol. The molecule has 206 valence electrons. The number of hydrogen-bond donors (Lipinski definition) is 2. The minimum atomic E-state index is -0.698. The summed E-state index contributed by atoms with van der Waals surface area (Å²) in [6.07, 6.45) is 9.57. The van der Waals surface area contributed by atoms with Gasteiger partial charge in [0.05, 0.1) is 11.4 Å². The van der Waals surface area contributed by atoms with Gasteiger partial charge in [-0.2, -0.15) is 0 Å². The molecule has 0 fully saturated rings. The monoisotopic (exact) mass is 570 g/mol. The van der Waals surface area contributed by atoms with Gasteiger partial charge in [0, 0.05) is 22.6 Å². The normalized spacial score (nSPS) is 16.2. The highest BCUT2D eigenvalue weighted by atomic mass is 31.1. The molecule has 6 aromatic carbocycles. The molecule has 0 radical (unpaired) electrons. The van der Waals surface area contributed by atoms with Crippen molar-refractivity contribution in [2.24, 2.45) is 5.73 Å². The summed E-state index contributed by atoms with van der Waals surface area (Å²) in [6, 6.07) is 47.0. The molecule has 0 saturated carbocycles. The summed E-state index contributed by atoms with van der Waals surface area (Å²) in [6.45, 7) is 0. The van der Waals surface area contributed by atoms with Crippen LogP contribution in [-0.4, -0.2) is 6.04 Å². The molecule has 0 aliphatic heterocycles. The fourth-order valence-electron chi connectivity index (χ4n) is 6.53. The van der Waals surface area contributed by atoms with Crippen LogP contribution in [0.2, 0.25) is 0 Å². The van der Waals surface area contributed by atoms with Gasteiger partial charge in [0.25, 0.3) is 0 Å². The van der Waals surface area contributed by atoms with Gasteiger partial charge in [-0.25, -0.2) is 0 Å². The summed E-state index contributed by atoms with van der Waals surface area (Å²) in [5.74, 6) is 0. The Morgan fingerprint density at radius 2 is 1.35 bits per heavy atom. The lowest BCUT2D eigenvalue weighted by Gasteiger charge is -2.21. The van der Waals surface area contributed by atoms with Gasteiger partial charge in [-0.3, -0.25) is 0 Å². The molecule has 0 bridgehead atoms. The highest BCUT2D eigenvalue weighted by Gasteiger charge is 2.25. The van der Waals surface area contributed by atoms with Crippen molar-refractivity contribution in [3.05, 3.63) is 163 Å². The van der Waals surface area contributed by atoms with Crippen LogP contribution >= 0.6 is 7.92 Å². The molecule has 0 saturated heterocycles. The Hall–Kier alpha value is -4.91. The van der Waals surface area contributed by atoms with E-state index in [4.69, 9.17) is 5.73 Å². The molecule has 2 unspecified atom stereocenters. The first-order chi connectivity index (χ1) is 21.2. The van der Waals surface area contributed by atoms with Gasteiger partial charge in [-0.05, 0) is 63.6 Å². The molecule has 8 rings (SSSR count). The number of benzene rings is 6. The van der Waals surface area contributed by atoms with Crippen LogP contribution < -0.4 is 27.0 Å². The van der Waals surface area contributed by atoms with E-state index in [9.17, 15) is 0 Å². The van der Waals surface area contributed by atoms with Gasteiger partial charge >= 0.3 is 0 Å². The predicted molar refractivity (Wildman–Crippen MR) is 186 cm³/mol. The molecule has 3 N–H and O–H groups in total. The average Bonchev–Trinajstić information content (AvgIpc) is 3.34. The molecular formula is C40H31N2P. The number of allylic oxidation sites excluding steroid dienone is 2. The second-order valence-corrected chi connectivity index (χ2v) is 13.4. The standard InChI is InChI=1S/C40H31N2P/c41-39-36-17-9-16-35-34(24-25-37(38(35)36)40(39)42-30-12-3-1-4-13-30)28-19-21-32(22-20-28)43(31-14-5-2-6-15-31)33-23-18-27-10-7-8-11-29(27)26-33/h1-12,14-26,30,42H,13,41H2. The zero-order valence-corrected chi connectivity index (χ0v) is 24.6. The van der Waals surface area contributed by atoms with E-state index < -0.39 is 7.92 Å². The number of fused-ring (bicyclic) bond motifs is 1. The smallest absolute Gasteiger partial charge is 0.0665 e. The number of rotatable bonds is 6. The lowest BCUT2D eigenvalue weighted by molar-refractivity contribution is 0.720. The molecule has 2 aliphatic rings. The molecule has 0 aromatic heterocycles. The van der Waals surface area contributed by atoms with E-state index in [1.807, 2.05) is 0 Å². The molecule has 2 atom stereocenters. The number of hydrogen-bond acceptors (Lipinski definition) is 2. The topological polar surface area (TPSA) is 38.0 Å². The van der Waals surface area contributed by atoms with E-state index in [1.54, 1.807) is 0 Å². The third-order valence-electron chi connectivity index (χ3n) is 8.62. The first-order valence-corrected chi connectivity index (χ1v) is 16.2. The van der Waals surface area contributed by atoms with Crippen molar-refractivity contribution in [1.29, 1.82) is 0 Å². The molecule has 2 aliphatic carbocycles. The molecule has 6 aromatic rings. The lowest BCUT2D eigenvalue weighted by atomic mass is 9.94. The SMILES string of the molecule is NC1=C(NC2C=CC=CC2)c2ccc(-c3ccc(P(c4ccccc4)c4ccc5ccccc5c4)cc3)c3cccc1c23. The Morgan fingerprint density at radius 1 is 0.605 bits per heavy atom. The Bertz CT molecular complexity index is 2090. The predicted octanol–water partition coefficient (Wildman–Crippen LogP) is 7.99. The van der Waals surface area contributed by atoms with Crippen LogP contribution in [0.3, 0.4) is 0 Å². The van der Waals surface area contributed by atoms with Crippen molar-refractivity contribution < 1.29 is 0 Å². The Morgan fingerprint density at radius 3 is 2.16 bits per heavy atom. The van der Waals surface area contributed by atoms with Crippen molar-refractivity contribution in [2.75, 3.05) is 0 Å². The van der Waals surface area contributed by atoms with Crippen LogP contribution in [-0.2, 0) is 0 Å². The van der Waals surface area contributed by atoms with Crippen molar-refractivity contribution in [3.63, 3.8) is 0 Å². The van der Waals surface area contributed by atoms with Gasteiger partial charge < -0.3 is 11.1 Å². The van der Waals surface area contributed by atoms with Gasteiger partial charge in [0.2, 0.25) is 0 Å². The zero-order valence-electron chi connectivity index (χ0n) is 23.7. The first-order valence-electron chi connectivity index (χ1n) is 14.9. The van der Waals surface area contributed by atoms with Crippen LogP contribution in [0.15, 0.2) is 152 Å². The minimum absolute atomic E-state index is 0.247. The van der Waals surface area contributed by atoms with E-state index in [0.717, 1.165) is 23.4 Å². The fraction of sp³-hybridized carbons (Fsp3) is 0.0500. The molecule has 0 heterocycles. The lowest BCUT2D eigenvalue weighted by Crippen LogP contribution is -2.26. The van der Waals surface area contributed by atoms with Crippen molar-refractivity contribution in [3.8, 4) is 11.1 Å². The van der Waals surface area contributed by atoms with E-state index in [-0.39, 0.29) is 6.04 Å². The zero-order chi connectivity index (χ0) is 28.8. The molecule has 3 heteroatoms. The minimum Gasteiger partial charge on any atom is -0.397 e. The summed E-state index contributed by atoms with van der Waals surface area (Å²) in [4.78, 5) is 0. The van der Waals surface area contributed by atoms with E-state index >= 15 is 0 Å². The number of nitrogens with two attached hydrogens (primary N) is 1. The van der Waals surface area contributed by atoms with Crippen LogP contribution in [0.4, 0.5) is 0 Å².